The Bertz CT molecular complexity index is 224. The predicted octanol–water partition coefficient (Wildman–Crippen LogP) is 3.19. The molecular weight excluding hydrogens is 214 g/mol. The van der Waals surface area contributed by atoms with E-state index in [1.807, 2.05) is 0 Å². The van der Waals surface area contributed by atoms with E-state index in [0.29, 0.717) is 12.1 Å². The first kappa shape index (κ1) is 14.5. The summed E-state index contributed by atoms with van der Waals surface area (Å²) in [5, 5.41) is 12.5. The van der Waals surface area contributed by atoms with Gasteiger partial charge in [-0.2, -0.15) is 0 Å². The Kier molecular flexibility index (Phi) is 6.56. The van der Waals surface area contributed by atoms with Gasteiger partial charge in [0.05, 0.1) is 5.92 Å². The Morgan fingerprint density at radius 2 is 1.88 bits per heavy atom. The summed E-state index contributed by atoms with van der Waals surface area (Å²) in [7, 11) is 0. The highest BCUT2D eigenvalue weighted by Crippen LogP contribution is 2.18. The predicted molar refractivity (Wildman–Crippen MR) is 70.1 cm³/mol. The highest BCUT2D eigenvalue weighted by Gasteiger charge is 2.16. The van der Waals surface area contributed by atoms with E-state index in [-0.39, 0.29) is 5.92 Å². The van der Waals surface area contributed by atoms with Crippen LogP contribution in [0.15, 0.2) is 0 Å². The van der Waals surface area contributed by atoms with Crippen molar-refractivity contribution in [3.8, 4) is 0 Å². The molecule has 1 rings (SSSR count). The summed E-state index contributed by atoms with van der Waals surface area (Å²) in [4.78, 5) is 10.7. The molecule has 3 heteroatoms. The van der Waals surface area contributed by atoms with Gasteiger partial charge in [-0.1, -0.05) is 32.6 Å². The number of carboxylic acid groups (broad SMARTS) is 1. The van der Waals surface area contributed by atoms with Crippen molar-refractivity contribution in [2.45, 2.75) is 77.3 Å². The lowest BCUT2D eigenvalue weighted by Gasteiger charge is -2.26. The molecule has 0 heterocycles. The first-order valence-corrected chi connectivity index (χ1v) is 7.08. The Morgan fingerprint density at radius 1 is 1.24 bits per heavy atom. The van der Waals surface area contributed by atoms with Crippen molar-refractivity contribution in [2.24, 2.45) is 5.92 Å². The molecule has 1 aliphatic carbocycles. The molecule has 0 radical (unpaired) electrons. The monoisotopic (exact) mass is 241 g/mol. The van der Waals surface area contributed by atoms with E-state index in [0.717, 1.165) is 19.3 Å². The summed E-state index contributed by atoms with van der Waals surface area (Å²) in [6.45, 7) is 4.02. The maximum absolute atomic E-state index is 10.7. The van der Waals surface area contributed by atoms with Gasteiger partial charge in [0.15, 0.2) is 0 Å². The number of carbonyl (C=O) groups is 1. The van der Waals surface area contributed by atoms with Gasteiger partial charge < -0.3 is 10.4 Å². The lowest BCUT2D eigenvalue weighted by molar-refractivity contribution is -0.141. The van der Waals surface area contributed by atoms with Crippen molar-refractivity contribution < 1.29 is 9.90 Å². The fourth-order valence-corrected chi connectivity index (χ4v) is 2.61. The van der Waals surface area contributed by atoms with Gasteiger partial charge in [-0.25, -0.2) is 0 Å². The van der Waals surface area contributed by atoms with Crippen LogP contribution >= 0.6 is 0 Å². The molecule has 0 saturated heterocycles. The minimum absolute atomic E-state index is 0.197. The molecule has 2 atom stereocenters. The van der Waals surface area contributed by atoms with Gasteiger partial charge in [-0.3, -0.25) is 4.79 Å². The minimum Gasteiger partial charge on any atom is -0.481 e. The normalized spacial score (nSPS) is 21.1. The zero-order valence-corrected chi connectivity index (χ0v) is 11.2. The molecule has 0 aromatic carbocycles. The molecular formula is C14H27NO2. The molecule has 1 saturated carbocycles. The molecule has 0 aromatic rings. The Hall–Kier alpha value is -0.570. The molecule has 0 bridgehead atoms. The van der Waals surface area contributed by atoms with Crippen LogP contribution in [0, 0.1) is 5.92 Å². The lowest BCUT2D eigenvalue weighted by Crippen LogP contribution is -2.37. The molecule has 1 fully saturated rings. The molecule has 0 amide bonds. The first-order chi connectivity index (χ1) is 8.09. The smallest absolute Gasteiger partial charge is 0.306 e. The number of rotatable bonds is 7. The molecule has 2 N–H and O–H groups in total. The number of nitrogens with one attached hydrogen (secondary N) is 1. The maximum atomic E-state index is 10.7. The highest BCUT2D eigenvalue weighted by atomic mass is 16.4. The summed E-state index contributed by atoms with van der Waals surface area (Å²) < 4.78 is 0. The van der Waals surface area contributed by atoms with Gasteiger partial charge >= 0.3 is 5.97 Å². The summed E-state index contributed by atoms with van der Waals surface area (Å²) in [6, 6.07) is 1.23. The molecule has 3 nitrogen and oxygen atoms in total. The van der Waals surface area contributed by atoms with Crippen LogP contribution in [0.4, 0.5) is 0 Å². The topological polar surface area (TPSA) is 49.3 Å². The number of hydrogen-bond acceptors (Lipinski definition) is 2. The van der Waals surface area contributed by atoms with Crippen molar-refractivity contribution in [3.63, 3.8) is 0 Å². The summed E-state index contributed by atoms with van der Waals surface area (Å²) in [6.07, 6.45) is 9.64. The number of carboxylic acids is 1. The van der Waals surface area contributed by atoms with Gasteiger partial charge in [0.2, 0.25) is 0 Å². The van der Waals surface area contributed by atoms with Crippen LogP contribution in [0.25, 0.3) is 0 Å². The van der Waals surface area contributed by atoms with E-state index in [1.54, 1.807) is 6.92 Å². The molecule has 0 aromatic heterocycles. The second-order valence-electron chi connectivity index (χ2n) is 5.57. The van der Waals surface area contributed by atoms with E-state index in [9.17, 15) is 4.79 Å². The zero-order chi connectivity index (χ0) is 12.7. The lowest BCUT2D eigenvalue weighted by atomic mass is 9.94. The Balaban J connectivity index is 2.08. The van der Waals surface area contributed by atoms with E-state index in [4.69, 9.17) is 5.11 Å². The number of hydrogen-bond donors (Lipinski definition) is 2. The van der Waals surface area contributed by atoms with Crippen LogP contribution < -0.4 is 5.32 Å². The van der Waals surface area contributed by atoms with Crippen molar-refractivity contribution in [1.29, 1.82) is 0 Å². The fraction of sp³-hybridized carbons (Fsp3) is 0.929. The van der Waals surface area contributed by atoms with Gasteiger partial charge in [0.1, 0.15) is 0 Å². The molecule has 2 unspecified atom stereocenters. The highest BCUT2D eigenvalue weighted by molar-refractivity contribution is 5.69. The second kappa shape index (κ2) is 7.70. The van der Waals surface area contributed by atoms with Gasteiger partial charge in [0, 0.05) is 12.1 Å². The first-order valence-electron chi connectivity index (χ1n) is 7.08. The van der Waals surface area contributed by atoms with Crippen molar-refractivity contribution in [1.82, 2.24) is 5.32 Å². The third-order valence-electron chi connectivity index (χ3n) is 3.82. The van der Waals surface area contributed by atoms with Crippen molar-refractivity contribution >= 4 is 5.97 Å². The molecule has 0 spiro atoms. The summed E-state index contributed by atoms with van der Waals surface area (Å²) >= 11 is 0. The summed E-state index contributed by atoms with van der Waals surface area (Å²) in [5.41, 5.74) is 0. The SMILES string of the molecule is CC(CCCC(C)C(=O)O)NC1CCCCC1. The van der Waals surface area contributed by atoms with E-state index in [1.165, 1.54) is 32.1 Å². The Labute approximate surface area is 105 Å². The molecule has 0 aliphatic heterocycles. The Morgan fingerprint density at radius 3 is 2.47 bits per heavy atom. The van der Waals surface area contributed by atoms with Crippen LogP contribution in [-0.2, 0) is 4.79 Å². The second-order valence-corrected chi connectivity index (χ2v) is 5.57. The average molecular weight is 241 g/mol. The van der Waals surface area contributed by atoms with Crippen LogP contribution in [0.3, 0.4) is 0 Å². The third-order valence-corrected chi connectivity index (χ3v) is 3.82. The average Bonchev–Trinajstić information content (AvgIpc) is 2.30. The standard InChI is InChI=1S/C14H27NO2/c1-11(14(16)17)7-6-8-12(2)15-13-9-4-3-5-10-13/h11-13,15H,3-10H2,1-2H3,(H,16,17). The largest absolute Gasteiger partial charge is 0.481 e. The molecule has 17 heavy (non-hydrogen) atoms. The van der Waals surface area contributed by atoms with Crippen LogP contribution in [-0.4, -0.2) is 23.2 Å². The fourth-order valence-electron chi connectivity index (χ4n) is 2.61. The van der Waals surface area contributed by atoms with Gasteiger partial charge in [-0.15, -0.1) is 0 Å². The maximum Gasteiger partial charge on any atom is 0.306 e. The van der Waals surface area contributed by atoms with E-state index in [2.05, 4.69) is 12.2 Å². The van der Waals surface area contributed by atoms with E-state index >= 15 is 0 Å². The van der Waals surface area contributed by atoms with E-state index < -0.39 is 5.97 Å². The van der Waals surface area contributed by atoms with Gasteiger partial charge in [-0.05, 0) is 32.6 Å². The molecule has 1 aliphatic rings. The van der Waals surface area contributed by atoms with Crippen molar-refractivity contribution in [2.75, 3.05) is 0 Å². The molecule has 100 valence electrons. The third kappa shape index (κ3) is 6.06. The summed E-state index contributed by atoms with van der Waals surface area (Å²) in [5.74, 6) is -0.866. The van der Waals surface area contributed by atoms with Gasteiger partial charge in [0.25, 0.3) is 0 Å². The minimum atomic E-state index is -0.669. The zero-order valence-electron chi connectivity index (χ0n) is 11.2. The van der Waals surface area contributed by atoms with Crippen molar-refractivity contribution in [3.05, 3.63) is 0 Å². The van der Waals surface area contributed by atoms with Crippen LogP contribution in [0.1, 0.15) is 65.2 Å². The van der Waals surface area contributed by atoms with Crippen LogP contribution in [0.5, 0.6) is 0 Å². The number of aliphatic carboxylic acids is 1. The van der Waals surface area contributed by atoms with Crippen LogP contribution in [0.2, 0.25) is 0 Å². The quantitative estimate of drug-likeness (QED) is 0.719.